The van der Waals surface area contributed by atoms with Crippen LogP contribution in [0.2, 0.25) is 0 Å². The number of hydrogen-bond acceptors (Lipinski definition) is 5. The zero-order chi connectivity index (χ0) is 24.5. The molecule has 0 spiro atoms. The molecule has 180 valence electrons. The van der Waals surface area contributed by atoms with E-state index in [9.17, 15) is 13.2 Å². The summed E-state index contributed by atoms with van der Waals surface area (Å²) in [7, 11) is -3.62. The zero-order valence-corrected chi connectivity index (χ0v) is 20.9. The van der Waals surface area contributed by atoms with Gasteiger partial charge in [-0.3, -0.25) is 14.5 Å². The van der Waals surface area contributed by atoms with Gasteiger partial charge in [0.05, 0.1) is 11.4 Å². The Kier molecular flexibility index (Phi) is 6.86. The highest BCUT2D eigenvalue weighted by Crippen LogP contribution is 2.31. The molecule has 0 saturated carbocycles. The molecule has 1 amide bonds. The largest absolute Gasteiger partial charge is 0.309 e. The molecule has 2 aromatic heterocycles. The number of amides is 1. The highest BCUT2D eigenvalue weighted by atomic mass is 32.2. The number of sulfonamides is 1. The fourth-order valence-corrected chi connectivity index (χ4v) is 6.52. The molecule has 0 radical (unpaired) electrons. The maximum absolute atomic E-state index is 13.5. The highest BCUT2D eigenvalue weighted by molar-refractivity contribution is 7.89. The minimum Gasteiger partial charge on any atom is -0.309 e. The summed E-state index contributed by atoms with van der Waals surface area (Å²) in [6.45, 7) is 8.84. The molecular weight excluding hydrogens is 450 g/mol. The first-order chi connectivity index (χ1) is 16.2. The molecule has 0 unspecified atom stereocenters. The van der Waals surface area contributed by atoms with E-state index in [1.807, 2.05) is 52.1 Å². The molecule has 1 saturated heterocycles. The number of carbonyl (C=O) groups is 1. The zero-order valence-electron chi connectivity index (χ0n) is 20.1. The number of nitrogens with zero attached hydrogens (tertiary/aromatic N) is 4. The summed E-state index contributed by atoms with van der Waals surface area (Å²) in [5.74, 6) is 0.124. The number of benzene rings is 1. The summed E-state index contributed by atoms with van der Waals surface area (Å²) in [6.07, 6.45) is 6.24. The quantitative estimate of drug-likeness (QED) is 0.580. The van der Waals surface area contributed by atoms with Gasteiger partial charge in [0.15, 0.2) is 5.82 Å². The van der Waals surface area contributed by atoms with Crippen molar-refractivity contribution in [2.45, 2.75) is 52.0 Å². The Hall–Kier alpha value is -3.04. The van der Waals surface area contributed by atoms with Gasteiger partial charge in [-0.15, -0.1) is 0 Å². The average molecular weight is 482 g/mol. The molecule has 1 aromatic carbocycles. The Labute approximate surface area is 201 Å². The van der Waals surface area contributed by atoms with Gasteiger partial charge >= 0.3 is 0 Å². The fraction of sp³-hybridized carbons (Fsp3) is 0.400. The van der Waals surface area contributed by atoms with Crippen LogP contribution in [0.25, 0.3) is 0 Å². The fourth-order valence-electron chi connectivity index (χ4n) is 4.48. The number of anilines is 1. The molecular formula is C25H31N5O3S. The number of piperidine rings is 1. The number of carbonyl (C=O) groups excluding carboxylic acids is 1. The maximum atomic E-state index is 13.5. The number of aryl methyl sites for hydroxylation is 2. The molecule has 0 bridgehead atoms. The van der Waals surface area contributed by atoms with Gasteiger partial charge in [-0.2, -0.15) is 9.40 Å². The van der Waals surface area contributed by atoms with Gasteiger partial charge in [-0.05, 0) is 80.5 Å². The monoisotopic (exact) mass is 481 g/mol. The van der Waals surface area contributed by atoms with Crippen molar-refractivity contribution < 1.29 is 13.2 Å². The lowest BCUT2D eigenvalue weighted by atomic mass is 9.97. The second kappa shape index (κ2) is 9.68. The number of rotatable bonds is 6. The molecule has 3 aromatic rings. The molecule has 1 aliphatic heterocycles. The summed E-state index contributed by atoms with van der Waals surface area (Å²) in [5, 5.41) is 7.31. The van der Waals surface area contributed by atoms with Gasteiger partial charge in [-0.1, -0.05) is 6.07 Å². The number of hydrogen-bond donors (Lipinski definition) is 1. The van der Waals surface area contributed by atoms with Crippen molar-refractivity contribution >= 4 is 21.7 Å². The van der Waals surface area contributed by atoms with E-state index in [1.54, 1.807) is 23.1 Å². The van der Waals surface area contributed by atoms with Gasteiger partial charge in [0.25, 0.3) is 0 Å². The van der Waals surface area contributed by atoms with Crippen molar-refractivity contribution in [2.24, 2.45) is 5.92 Å². The van der Waals surface area contributed by atoms with Crippen LogP contribution >= 0.6 is 0 Å². The number of nitrogens with one attached hydrogen (secondary N) is 1. The van der Waals surface area contributed by atoms with E-state index in [2.05, 4.69) is 15.4 Å². The standard InChI is InChI=1S/C25H31N5O3S/c1-17-15-18(2)20(4)24(19(17)3)34(32,33)30-13-7-22(8-14-30)25(31)27-23-9-12-29(28-23)16-21-5-10-26-11-6-21/h5-6,9-12,15,22H,7-8,13-14,16H2,1-4H3,(H,27,28,31). The Morgan fingerprint density at radius 1 is 1.03 bits per heavy atom. The summed E-state index contributed by atoms with van der Waals surface area (Å²) >= 11 is 0. The third-order valence-corrected chi connectivity index (χ3v) is 8.88. The first-order valence-electron chi connectivity index (χ1n) is 11.5. The average Bonchev–Trinajstić information content (AvgIpc) is 3.25. The van der Waals surface area contributed by atoms with E-state index in [1.165, 1.54) is 4.31 Å². The molecule has 8 nitrogen and oxygen atoms in total. The summed E-state index contributed by atoms with van der Waals surface area (Å²) in [6, 6.07) is 7.63. The third kappa shape index (κ3) is 4.90. The first-order valence-corrected chi connectivity index (χ1v) is 12.9. The third-order valence-electron chi connectivity index (χ3n) is 6.71. The van der Waals surface area contributed by atoms with Crippen LogP contribution < -0.4 is 5.32 Å². The van der Waals surface area contributed by atoms with E-state index in [4.69, 9.17) is 0 Å². The van der Waals surface area contributed by atoms with Gasteiger partial charge < -0.3 is 5.32 Å². The molecule has 9 heteroatoms. The van der Waals surface area contributed by atoms with Gasteiger partial charge in [0, 0.05) is 43.7 Å². The van der Waals surface area contributed by atoms with Crippen molar-refractivity contribution in [1.82, 2.24) is 19.1 Å². The smallest absolute Gasteiger partial charge is 0.243 e. The summed E-state index contributed by atoms with van der Waals surface area (Å²) < 4.78 is 30.2. The molecule has 3 heterocycles. The van der Waals surface area contributed by atoms with Gasteiger partial charge in [0.1, 0.15) is 0 Å². The van der Waals surface area contributed by atoms with Gasteiger partial charge in [0.2, 0.25) is 15.9 Å². The molecule has 0 atom stereocenters. The summed E-state index contributed by atoms with van der Waals surface area (Å²) in [4.78, 5) is 17.2. The lowest BCUT2D eigenvalue weighted by molar-refractivity contribution is -0.120. The van der Waals surface area contributed by atoms with E-state index < -0.39 is 10.0 Å². The molecule has 4 rings (SSSR count). The molecule has 34 heavy (non-hydrogen) atoms. The van der Waals surface area contributed by atoms with Crippen molar-refractivity contribution in [3.63, 3.8) is 0 Å². The van der Waals surface area contributed by atoms with Crippen LogP contribution in [0.5, 0.6) is 0 Å². The van der Waals surface area contributed by atoms with Crippen LogP contribution in [0, 0.1) is 33.6 Å². The van der Waals surface area contributed by atoms with Crippen LogP contribution in [0.1, 0.15) is 40.7 Å². The maximum Gasteiger partial charge on any atom is 0.243 e. The van der Waals surface area contributed by atoms with E-state index in [0.29, 0.717) is 43.2 Å². The molecule has 1 aliphatic rings. The van der Waals surface area contributed by atoms with Crippen LogP contribution in [-0.4, -0.2) is 46.5 Å². The second-order valence-corrected chi connectivity index (χ2v) is 10.9. The van der Waals surface area contributed by atoms with Crippen LogP contribution in [0.15, 0.2) is 47.8 Å². The van der Waals surface area contributed by atoms with Crippen molar-refractivity contribution in [3.05, 3.63) is 70.7 Å². The normalized spacial score (nSPS) is 15.4. The predicted octanol–water partition coefficient (Wildman–Crippen LogP) is 3.60. The van der Waals surface area contributed by atoms with Crippen LogP contribution in [0.4, 0.5) is 5.82 Å². The minimum atomic E-state index is -3.62. The van der Waals surface area contributed by atoms with E-state index >= 15 is 0 Å². The molecule has 1 fully saturated rings. The minimum absolute atomic E-state index is 0.120. The number of pyridine rings is 1. The van der Waals surface area contributed by atoms with Gasteiger partial charge in [-0.25, -0.2) is 8.42 Å². The summed E-state index contributed by atoms with van der Waals surface area (Å²) in [5.41, 5.74) is 4.60. The topological polar surface area (TPSA) is 97.2 Å². The van der Waals surface area contributed by atoms with E-state index in [0.717, 1.165) is 27.8 Å². The lowest BCUT2D eigenvalue weighted by Gasteiger charge is -2.31. The second-order valence-electron chi connectivity index (χ2n) is 9.01. The Balaban J connectivity index is 1.38. The lowest BCUT2D eigenvalue weighted by Crippen LogP contribution is -2.42. The Bertz CT molecular complexity index is 1270. The SMILES string of the molecule is Cc1cc(C)c(C)c(S(=O)(=O)N2CCC(C(=O)Nc3ccn(Cc4ccncc4)n3)CC2)c1C. The van der Waals surface area contributed by atoms with E-state index in [-0.39, 0.29) is 11.8 Å². The highest BCUT2D eigenvalue weighted by Gasteiger charge is 2.34. The Morgan fingerprint density at radius 3 is 2.26 bits per heavy atom. The predicted molar refractivity (Wildman–Crippen MR) is 131 cm³/mol. The van der Waals surface area contributed by atoms with Crippen molar-refractivity contribution in [1.29, 1.82) is 0 Å². The Morgan fingerprint density at radius 2 is 1.65 bits per heavy atom. The molecule has 0 aliphatic carbocycles. The molecule has 1 N–H and O–H groups in total. The van der Waals surface area contributed by atoms with Crippen LogP contribution in [0.3, 0.4) is 0 Å². The van der Waals surface area contributed by atoms with Crippen molar-refractivity contribution in [3.8, 4) is 0 Å². The van der Waals surface area contributed by atoms with Crippen LogP contribution in [-0.2, 0) is 21.4 Å². The first kappa shape index (κ1) is 24.1. The van der Waals surface area contributed by atoms with Crippen molar-refractivity contribution in [2.75, 3.05) is 18.4 Å². The number of aromatic nitrogens is 3.